The highest BCUT2D eigenvalue weighted by atomic mass is 32.2. The van der Waals surface area contributed by atoms with Crippen molar-refractivity contribution in [3.8, 4) is 22.9 Å². The minimum absolute atomic E-state index is 0.0428. The predicted octanol–water partition coefficient (Wildman–Crippen LogP) is 3.79. The summed E-state index contributed by atoms with van der Waals surface area (Å²) in [5.74, 6) is 1.81. The third kappa shape index (κ3) is 4.01. The van der Waals surface area contributed by atoms with E-state index in [0.29, 0.717) is 63.7 Å². The third-order valence-corrected chi connectivity index (χ3v) is 6.68. The van der Waals surface area contributed by atoms with E-state index in [4.69, 9.17) is 23.7 Å². The van der Waals surface area contributed by atoms with Crippen LogP contribution in [0.2, 0.25) is 0 Å². The zero-order chi connectivity index (χ0) is 23.1. The van der Waals surface area contributed by atoms with Gasteiger partial charge in [-0.1, -0.05) is 16.9 Å². The van der Waals surface area contributed by atoms with Crippen molar-refractivity contribution in [1.29, 1.82) is 0 Å². The molecule has 11 heteroatoms. The number of benzene rings is 2. The predicted molar refractivity (Wildman–Crippen MR) is 120 cm³/mol. The average molecular weight is 482 g/mol. The first-order chi connectivity index (χ1) is 16.6. The van der Waals surface area contributed by atoms with E-state index in [2.05, 4.69) is 10.1 Å². The molecule has 34 heavy (non-hydrogen) atoms. The van der Waals surface area contributed by atoms with Gasteiger partial charge in [-0.25, -0.2) is 9.37 Å². The molecule has 6 rings (SSSR count). The Morgan fingerprint density at radius 2 is 1.94 bits per heavy atom. The quantitative estimate of drug-likeness (QED) is 0.300. The number of aromatic nitrogens is 4. The number of hydrogen-bond acceptors (Lipinski definition) is 9. The molecule has 9 nitrogen and oxygen atoms in total. The molecule has 1 atom stereocenters. The van der Waals surface area contributed by atoms with E-state index in [-0.39, 0.29) is 24.3 Å². The van der Waals surface area contributed by atoms with E-state index in [9.17, 15) is 9.18 Å². The van der Waals surface area contributed by atoms with Crippen LogP contribution in [0.1, 0.15) is 18.7 Å². The molecular weight excluding hydrogens is 463 g/mol. The van der Waals surface area contributed by atoms with Gasteiger partial charge in [-0.05, 0) is 43.2 Å². The molecule has 4 aromatic rings. The van der Waals surface area contributed by atoms with Gasteiger partial charge in [-0.3, -0.25) is 9.36 Å². The van der Waals surface area contributed by atoms with E-state index in [1.807, 2.05) is 0 Å². The van der Waals surface area contributed by atoms with E-state index in [1.54, 1.807) is 28.8 Å². The minimum atomic E-state index is -0.336. The molecule has 4 heterocycles. The molecule has 0 aliphatic carbocycles. The molecule has 2 aliphatic rings. The number of hydrogen-bond donors (Lipinski definition) is 0. The van der Waals surface area contributed by atoms with Gasteiger partial charge in [0.2, 0.25) is 18.5 Å². The van der Waals surface area contributed by atoms with Crippen molar-refractivity contribution in [2.24, 2.45) is 0 Å². The van der Waals surface area contributed by atoms with Crippen molar-refractivity contribution in [2.75, 3.05) is 13.4 Å². The fourth-order valence-electron chi connectivity index (χ4n) is 4.01. The van der Waals surface area contributed by atoms with Crippen molar-refractivity contribution < 1.29 is 23.1 Å². The minimum Gasteiger partial charge on any atom is -0.454 e. The van der Waals surface area contributed by atoms with Gasteiger partial charge in [0.15, 0.2) is 16.7 Å². The van der Waals surface area contributed by atoms with Crippen LogP contribution in [0.4, 0.5) is 4.39 Å². The number of thioether (sulfide) groups is 1. The Labute approximate surface area is 196 Å². The topological polar surface area (TPSA) is 102 Å². The van der Waals surface area contributed by atoms with Crippen LogP contribution >= 0.6 is 11.8 Å². The number of rotatable bonds is 6. The van der Waals surface area contributed by atoms with Crippen LogP contribution < -0.4 is 15.0 Å². The van der Waals surface area contributed by atoms with Crippen LogP contribution in [0.15, 0.2) is 50.9 Å². The lowest BCUT2D eigenvalue weighted by Crippen LogP contribution is -2.28. The molecule has 0 saturated carbocycles. The van der Waals surface area contributed by atoms with Crippen molar-refractivity contribution in [2.45, 2.75) is 36.4 Å². The summed E-state index contributed by atoms with van der Waals surface area (Å²) in [5.41, 5.74) is 1.01. The summed E-state index contributed by atoms with van der Waals surface area (Å²) in [4.78, 5) is 22.6. The number of halogens is 1. The molecule has 1 fully saturated rings. The summed E-state index contributed by atoms with van der Waals surface area (Å²) in [6, 6.07) is 9.26. The first-order valence-corrected chi connectivity index (χ1v) is 11.8. The molecule has 2 aliphatic heterocycles. The van der Waals surface area contributed by atoms with E-state index in [1.165, 1.54) is 23.9 Å². The molecule has 1 unspecified atom stereocenters. The molecular formula is C23H19FN4O5S. The van der Waals surface area contributed by atoms with Crippen LogP contribution in [0, 0.1) is 5.82 Å². The van der Waals surface area contributed by atoms with Crippen molar-refractivity contribution in [1.82, 2.24) is 19.7 Å². The maximum absolute atomic E-state index is 13.4. The Hall–Kier alpha value is -3.44. The van der Waals surface area contributed by atoms with Crippen LogP contribution in [0.3, 0.4) is 0 Å². The SMILES string of the molecule is O=c1c2cc3c(cc2nc(SCc2nc(-c4ccc(F)cc4)no2)n1CC1CCCO1)OCO3. The second-order valence-electron chi connectivity index (χ2n) is 7.98. The number of ether oxygens (including phenoxy) is 3. The van der Waals surface area contributed by atoms with Crippen LogP contribution in [-0.2, 0) is 17.0 Å². The summed E-state index contributed by atoms with van der Waals surface area (Å²) in [6.45, 7) is 1.21. The fraction of sp³-hybridized carbons (Fsp3) is 0.304. The van der Waals surface area contributed by atoms with Gasteiger partial charge in [-0.15, -0.1) is 0 Å². The highest BCUT2D eigenvalue weighted by molar-refractivity contribution is 7.98. The summed E-state index contributed by atoms with van der Waals surface area (Å²) < 4.78 is 36.9. The second kappa shape index (κ2) is 8.73. The zero-order valence-electron chi connectivity index (χ0n) is 17.9. The van der Waals surface area contributed by atoms with Gasteiger partial charge in [0.05, 0.1) is 29.3 Å². The normalized spacial score (nSPS) is 17.0. The zero-order valence-corrected chi connectivity index (χ0v) is 18.7. The molecule has 0 N–H and O–H groups in total. The van der Waals surface area contributed by atoms with Crippen molar-refractivity contribution >= 4 is 22.7 Å². The van der Waals surface area contributed by atoms with Gasteiger partial charge < -0.3 is 18.7 Å². The van der Waals surface area contributed by atoms with E-state index in [0.717, 1.165) is 12.8 Å². The number of fused-ring (bicyclic) bond motifs is 2. The first-order valence-electron chi connectivity index (χ1n) is 10.8. The van der Waals surface area contributed by atoms with Gasteiger partial charge in [-0.2, -0.15) is 4.98 Å². The molecule has 0 bridgehead atoms. The Morgan fingerprint density at radius 1 is 1.12 bits per heavy atom. The monoisotopic (exact) mass is 482 g/mol. The van der Waals surface area contributed by atoms with Crippen LogP contribution in [-0.4, -0.2) is 39.2 Å². The van der Waals surface area contributed by atoms with E-state index >= 15 is 0 Å². The second-order valence-corrected chi connectivity index (χ2v) is 8.92. The Bertz CT molecular complexity index is 1420. The molecule has 0 spiro atoms. The van der Waals surface area contributed by atoms with Crippen LogP contribution in [0.25, 0.3) is 22.3 Å². The lowest BCUT2D eigenvalue weighted by atomic mass is 10.2. The maximum Gasteiger partial charge on any atom is 0.262 e. The number of nitrogens with zero attached hydrogens (tertiary/aromatic N) is 4. The average Bonchev–Trinajstić information content (AvgIpc) is 3.61. The summed E-state index contributed by atoms with van der Waals surface area (Å²) in [6.07, 6.45) is 1.81. The van der Waals surface area contributed by atoms with Gasteiger partial charge in [0.1, 0.15) is 5.82 Å². The Balaban J connectivity index is 1.32. The van der Waals surface area contributed by atoms with Crippen LogP contribution in [0.5, 0.6) is 11.5 Å². The van der Waals surface area contributed by atoms with E-state index < -0.39 is 0 Å². The largest absolute Gasteiger partial charge is 0.454 e. The fourth-order valence-corrected chi connectivity index (χ4v) is 4.86. The summed E-state index contributed by atoms with van der Waals surface area (Å²) in [7, 11) is 0. The smallest absolute Gasteiger partial charge is 0.262 e. The summed E-state index contributed by atoms with van der Waals surface area (Å²) >= 11 is 1.32. The molecule has 0 amide bonds. The highest BCUT2D eigenvalue weighted by Crippen LogP contribution is 2.35. The van der Waals surface area contributed by atoms with Gasteiger partial charge >= 0.3 is 0 Å². The molecule has 0 radical (unpaired) electrons. The van der Waals surface area contributed by atoms with Crippen molar-refractivity contribution in [3.63, 3.8) is 0 Å². The lowest BCUT2D eigenvalue weighted by Gasteiger charge is -2.16. The highest BCUT2D eigenvalue weighted by Gasteiger charge is 2.23. The standard InChI is InChI=1S/C23H19FN4O5S/c24-14-5-3-13(4-6-14)21-26-20(33-27-21)11-34-23-25-17-9-19-18(31-12-32-19)8-16(17)22(29)28(23)10-15-2-1-7-30-15/h3-6,8-9,15H,1-2,7,10-12H2. The first kappa shape index (κ1) is 21.1. The molecule has 2 aromatic carbocycles. The third-order valence-electron chi connectivity index (χ3n) is 5.72. The molecule has 174 valence electrons. The van der Waals surface area contributed by atoms with Gasteiger partial charge in [0, 0.05) is 18.2 Å². The summed E-state index contributed by atoms with van der Waals surface area (Å²) in [5, 5.41) is 4.96. The Morgan fingerprint density at radius 3 is 2.74 bits per heavy atom. The lowest BCUT2D eigenvalue weighted by molar-refractivity contribution is 0.0937. The Kier molecular flexibility index (Phi) is 5.42. The van der Waals surface area contributed by atoms with Gasteiger partial charge in [0.25, 0.3) is 5.56 Å². The molecule has 2 aromatic heterocycles. The molecule has 1 saturated heterocycles. The maximum atomic E-state index is 13.4. The van der Waals surface area contributed by atoms with Crippen molar-refractivity contribution in [3.05, 3.63) is 58.5 Å².